The van der Waals surface area contributed by atoms with Crippen LogP contribution in [0, 0.1) is 5.92 Å². The third kappa shape index (κ3) is 3.53. The number of rotatable bonds is 3. The van der Waals surface area contributed by atoms with Crippen molar-refractivity contribution in [2.45, 2.75) is 19.8 Å². The zero-order valence-electron chi connectivity index (χ0n) is 12.1. The Kier molecular flexibility index (Phi) is 4.84. The molecule has 0 radical (unpaired) electrons. The molecule has 0 saturated carbocycles. The van der Waals surface area contributed by atoms with Crippen LogP contribution in [0.4, 0.5) is 0 Å². The van der Waals surface area contributed by atoms with Gasteiger partial charge in [0.15, 0.2) is 0 Å². The molecular formula is C12H21N3O5S. The molecule has 0 aliphatic carbocycles. The monoisotopic (exact) mass is 319 g/mol. The molecule has 0 aromatic rings. The van der Waals surface area contributed by atoms with Crippen molar-refractivity contribution in [1.82, 2.24) is 13.5 Å². The number of aliphatic carboxylic acids is 1. The van der Waals surface area contributed by atoms with Crippen molar-refractivity contribution in [1.29, 1.82) is 0 Å². The number of carbonyl (C=O) groups excluding carboxylic acids is 1. The van der Waals surface area contributed by atoms with Crippen LogP contribution in [0.25, 0.3) is 0 Å². The van der Waals surface area contributed by atoms with Crippen LogP contribution in [0.15, 0.2) is 0 Å². The first-order valence-corrected chi connectivity index (χ1v) is 8.45. The second kappa shape index (κ2) is 6.29. The lowest BCUT2D eigenvalue weighted by molar-refractivity contribution is -0.143. The van der Waals surface area contributed by atoms with E-state index in [9.17, 15) is 18.0 Å². The summed E-state index contributed by atoms with van der Waals surface area (Å²) < 4.78 is 27.7. The third-order valence-corrected chi connectivity index (χ3v) is 6.07. The Morgan fingerprint density at radius 3 is 2.19 bits per heavy atom. The number of hydrogen-bond acceptors (Lipinski definition) is 4. The van der Waals surface area contributed by atoms with Crippen LogP contribution in [0.1, 0.15) is 19.8 Å². The average Bonchev–Trinajstić information content (AvgIpc) is 2.47. The van der Waals surface area contributed by atoms with Crippen LogP contribution in [0.5, 0.6) is 0 Å². The summed E-state index contributed by atoms with van der Waals surface area (Å²) in [5, 5.41) is 9.05. The zero-order valence-corrected chi connectivity index (χ0v) is 12.9. The van der Waals surface area contributed by atoms with Gasteiger partial charge in [-0.25, -0.2) is 0 Å². The molecule has 21 heavy (non-hydrogen) atoms. The van der Waals surface area contributed by atoms with E-state index >= 15 is 0 Å². The second-order valence-corrected chi connectivity index (χ2v) is 7.38. The van der Waals surface area contributed by atoms with Crippen molar-refractivity contribution in [2.24, 2.45) is 5.92 Å². The highest BCUT2D eigenvalue weighted by Crippen LogP contribution is 2.22. The van der Waals surface area contributed by atoms with Crippen LogP contribution < -0.4 is 0 Å². The van der Waals surface area contributed by atoms with Gasteiger partial charge in [0.05, 0.1) is 5.92 Å². The second-order valence-electron chi connectivity index (χ2n) is 5.45. The lowest BCUT2D eigenvalue weighted by atomic mass is 10.0. The molecule has 2 heterocycles. The van der Waals surface area contributed by atoms with E-state index in [0.29, 0.717) is 32.5 Å². The van der Waals surface area contributed by atoms with Gasteiger partial charge in [-0.15, -0.1) is 0 Å². The molecule has 0 aromatic heterocycles. The topological polar surface area (TPSA) is 98.2 Å². The van der Waals surface area contributed by atoms with Crippen LogP contribution in [0.3, 0.4) is 0 Å². The van der Waals surface area contributed by atoms with Crippen LogP contribution in [0.2, 0.25) is 0 Å². The first-order chi connectivity index (χ1) is 9.82. The lowest BCUT2D eigenvalue weighted by Crippen LogP contribution is -2.55. The van der Waals surface area contributed by atoms with E-state index in [2.05, 4.69) is 0 Å². The normalized spacial score (nSPS) is 25.8. The first kappa shape index (κ1) is 16.2. The molecule has 2 rings (SSSR count). The molecule has 8 nitrogen and oxygen atoms in total. The number of carbonyl (C=O) groups is 2. The minimum atomic E-state index is -3.64. The maximum Gasteiger partial charge on any atom is 0.307 e. The van der Waals surface area contributed by atoms with E-state index in [0.717, 1.165) is 0 Å². The molecule has 1 atom stereocenters. The molecular weight excluding hydrogens is 298 g/mol. The van der Waals surface area contributed by atoms with Crippen molar-refractivity contribution in [3.8, 4) is 0 Å². The molecule has 120 valence electrons. The fraction of sp³-hybridized carbons (Fsp3) is 0.833. The molecule has 2 fully saturated rings. The Balaban J connectivity index is 2.02. The minimum Gasteiger partial charge on any atom is -0.481 e. The number of hydrogen-bond donors (Lipinski definition) is 1. The first-order valence-electron chi connectivity index (χ1n) is 7.06. The van der Waals surface area contributed by atoms with Gasteiger partial charge >= 0.3 is 5.97 Å². The summed E-state index contributed by atoms with van der Waals surface area (Å²) in [5.74, 6) is -1.64. The largest absolute Gasteiger partial charge is 0.481 e. The van der Waals surface area contributed by atoms with E-state index in [-0.39, 0.29) is 25.5 Å². The van der Waals surface area contributed by atoms with Crippen LogP contribution >= 0.6 is 0 Å². The van der Waals surface area contributed by atoms with Gasteiger partial charge < -0.3 is 10.0 Å². The molecule has 0 spiro atoms. The molecule has 1 N–H and O–H groups in total. The van der Waals surface area contributed by atoms with Crippen molar-refractivity contribution in [3.05, 3.63) is 0 Å². The summed E-state index contributed by atoms with van der Waals surface area (Å²) in [4.78, 5) is 23.9. The number of nitrogens with zero attached hydrogens (tertiary/aromatic N) is 3. The Morgan fingerprint density at radius 2 is 1.67 bits per heavy atom. The van der Waals surface area contributed by atoms with Gasteiger partial charge in [0.2, 0.25) is 5.91 Å². The van der Waals surface area contributed by atoms with Gasteiger partial charge in [-0.3, -0.25) is 9.59 Å². The number of carboxylic acid groups (broad SMARTS) is 1. The molecule has 2 aliphatic rings. The highest BCUT2D eigenvalue weighted by atomic mass is 32.2. The number of piperidine rings is 1. The number of amides is 1. The third-order valence-electron chi connectivity index (χ3n) is 4.07. The van der Waals surface area contributed by atoms with Crippen molar-refractivity contribution in [3.63, 3.8) is 0 Å². The number of carboxylic acids is 1. The molecule has 9 heteroatoms. The van der Waals surface area contributed by atoms with Gasteiger partial charge in [0.1, 0.15) is 0 Å². The minimum absolute atomic E-state index is 0.0323. The van der Waals surface area contributed by atoms with Gasteiger partial charge in [-0.2, -0.15) is 17.0 Å². The van der Waals surface area contributed by atoms with Crippen LogP contribution in [-0.4, -0.2) is 78.2 Å². The standard InChI is InChI=1S/C12H21N3O5S/c1-10(16)13-5-7-14(8-6-13)21(19,20)15-4-2-3-11(9-15)12(17)18/h11H,2-9H2,1H3,(H,17,18). The Labute approximate surface area is 124 Å². The van der Waals surface area contributed by atoms with E-state index in [4.69, 9.17) is 5.11 Å². The fourth-order valence-electron chi connectivity index (χ4n) is 2.75. The quantitative estimate of drug-likeness (QED) is 0.734. The molecule has 1 unspecified atom stereocenters. The van der Waals surface area contributed by atoms with Gasteiger partial charge in [0.25, 0.3) is 10.2 Å². The number of piperazine rings is 1. The summed E-state index contributed by atoms with van der Waals surface area (Å²) in [7, 11) is -3.64. The Bertz CT molecular complexity index is 513. The summed E-state index contributed by atoms with van der Waals surface area (Å²) in [6.45, 7) is 3.14. The van der Waals surface area contributed by atoms with E-state index < -0.39 is 22.1 Å². The van der Waals surface area contributed by atoms with E-state index in [1.165, 1.54) is 15.5 Å². The van der Waals surface area contributed by atoms with Crippen molar-refractivity contribution in [2.75, 3.05) is 39.3 Å². The Morgan fingerprint density at radius 1 is 1.05 bits per heavy atom. The predicted octanol–water partition coefficient (Wildman–Crippen LogP) is -0.808. The van der Waals surface area contributed by atoms with E-state index in [1.54, 1.807) is 4.90 Å². The van der Waals surface area contributed by atoms with E-state index in [1.807, 2.05) is 0 Å². The zero-order chi connectivity index (χ0) is 15.6. The van der Waals surface area contributed by atoms with Crippen molar-refractivity contribution >= 4 is 22.1 Å². The van der Waals surface area contributed by atoms with Crippen molar-refractivity contribution < 1.29 is 23.1 Å². The SMILES string of the molecule is CC(=O)N1CCN(S(=O)(=O)N2CCCC(C(=O)O)C2)CC1. The summed E-state index contributed by atoms with van der Waals surface area (Å²) in [6, 6.07) is 0. The molecule has 0 bridgehead atoms. The molecule has 1 amide bonds. The average molecular weight is 319 g/mol. The highest BCUT2D eigenvalue weighted by Gasteiger charge is 2.37. The van der Waals surface area contributed by atoms with Crippen LogP contribution in [-0.2, 0) is 19.8 Å². The maximum atomic E-state index is 12.5. The smallest absolute Gasteiger partial charge is 0.307 e. The van der Waals surface area contributed by atoms with Gasteiger partial charge in [-0.05, 0) is 12.8 Å². The lowest BCUT2D eigenvalue weighted by Gasteiger charge is -2.38. The molecule has 2 aliphatic heterocycles. The van der Waals surface area contributed by atoms with Gasteiger partial charge in [-0.1, -0.05) is 0 Å². The van der Waals surface area contributed by atoms with Gasteiger partial charge in [0, 0.05) is 46.2 Å². The Hall–Kier alpha value is -1.19. The summed E-state index contributed by atoms with van der Waals surface area (Å²) in [6.07, 6.45) is 1.07. The molecule has 0 aromatic carbocycles. The fourth-order valence-corrected chi connectivity index (χ4v) is 4.43. The summed E-state index contributed by atoms with van der Waals surface area (Å²) >= 11 is 0. The molecule has 2 saturated heterocycles. The maximum absolute atomic E-state index is 12.5. The summed E-state index contributed by atoms with van der Waals surface area (Å²) in [5.41, 5.74) is 0. The highest BCUT2D eigenvalue weighted by molar-refractivity contribution is 7.86. The predicted molar refractivity (Wildman–Crippen MR) is 74.7 cm³/mol.